The van der Waals surface area contributed by atoms with Gasteiger partial charge in [-0.2, -0.15) is 11.8 Å². The zero-order valence-electron chi connectivity index (χ0n) is 21.1. The molecule has 0 radical (unpaired) electrons. The molecule has 6 nitrogen and oxygen atoms in total. The highest BCUT2D eigenvalue weighted by atomic mass is 32.2. The normalized spacial score (nSPS) is 10.9. The van der Waals surface area contributed by atoms with Crippen molar-refractivity contribution in [2.75, 3.05) is 64.0 Å². The minimum atomic E-state index is -0.0457. The molecule has 0 aliphatic carbocycles. The number of thioether (sulfide) groups is 1. The van der Waals surface area contributed by atoms with Crippen molar-refractivity contribution in [3.63, 3.8) is 0 Å². The van der Waals surface area contributed by atoms with Crippen molar-refractivity contribution in [2.24, 2.45) is 0 Å². The van der Waals surface area contributed by atoms with Crippen LogP contribution in [0.15, 0.2) is 18.2 Å². The van der Waals surface area contributed by atoms with Crippen LogP contribution in [0.1, 0.15) is 75.1 Å². The molecular weight excluding hydrogens is 436 g/mol. The maximum Gasteiger partial charge on any atom is 0.251 e. The molecule has 0 saturated carbocycles. The fourth-order valence-corrected chi connectivity index (χ4v) is 3.77. The molecule has 0 aliphatic rings. The van der Waals surface area contributed by atoms with Gasteiger partial charge in [0.15, 0.2) is 0 Å². The summed E-state index contributed by atoms with van der Waals surface area (Å²) in [5, 5.41) is 6.37. The molecule has 1 rings (SSSR count). The number of ether oxygens (including phenoxy) is 3. The molecule has 0 aromatic heterocycles. The maximum absolute atomic E-state index is 12.4. The van der Waals surface area contributed by atoms with Crippen molar-refractivity contribution in [3.05, 3.63) is 23.8 Å². The van der Waals surface area contributed by atoms with E-state index in [1.807, 2.05) is 12.1 Å². The number of anilines is 1. The van der Waals surface area contributed by atoms with Crippen molar-refractivity contribution >= 4 is 23.4 Å². The highest BCUT2D eigenvalue weighted by Crippen LogP contribution is 2.25. The van der Waals surface area contributed by atoms with E-state index in [1.54, 1.807) is 24.9 Å². The average molecular weight is 483 g/mol. The third kappa shape index (κ3) is 15.2. The van der Waals surface area contributed by atoms with Crippen LogP contribution in [0.5, 0.6) is 5.75 Å². The number of amides is 1. The van der Waals surface area contributed by atoms with E-state index in [2.05, 4.69) is 23.8 Å². The van der Waals surface area contributed by atoms with E-state index in [-0.39, 0.29) is 5.91 Å². The van der Waals surface area contributed by atoms with Crippen molar-refractivity contribution in [1.82, 2.24) is 5.32 Å². The van der Waals surface area contributed by atoms with Gasteiger partial charge >= 0.3 is 0 Å². The van der Waals surface area contributed by atoms with Gasteiger partial charge in [-0.1, -0.05) is 32.6 Å². The third-order valence-corrected chi connectivity index (χ3v) is 5.97. The number of carbonyl (C=O) groups excluding carboxylic acids is 1. The van der Waals surface area contributed by atoms with E-state index in [0.29, 0.717) is 12.1 Å². The first kappa shape index (κ1) is 29.6. The number of hydrogen-bond acceptors (Lipinski definition) is 6. The molecular formula is C26H46N2O4S. The lowest BCUT2D eigenvalue weighted by molar-refractivity contribution is 0.0799. The van der Waals surface area contributed by atoms with Gasteiger partial charge < -0.3 is 24.8 Å². The van der Waals surface area contributed by atoms with Gasteiger partial charge in [-0.15, -0.1) is 0 Å². The van der Waals surface area contributed by atoms with Crippen molar-refractivity contribution in [1.29, 1.82) is 0 Å². The molecule has 0 fully saturated rings. The van der Waals surface area contributed by atoms with E-state index in [0.717, 1.165) is 75.8 Å². The number of rotatable bonds is 22. The van der Waals surface area contributed by atoms with Crippen LogP contribution >= 0.6 is 11.8 Å². The minimum absolute atomic E-state index is 0.0457. The average Bonchev–Trinajstić information content (AvgIpc) is 2.84. The summed E-state index contributed by atoms with van der Waals surface area (Å²) in [5.74, 6) is 1.75. The molecule has 0 atom stereocenters. The maximum atomic E-state index is 12.4. The molecule has 0 bridgehead atoms. The smallest absolute Gasteiger partial charge is 0.251 e. The van der Waals surface area contributed by atoms with Crippen LogP contribution in [-0.2, 0) is 9.47 Å². The number of carbonyl (C=O) groups is 1. The number of nitrogens with one attached hydrogen (secondary N) is 2. The topological polar surface area (TPSA) is 68.8 Å². The summed E-state index contributed by atoms with van der Waals surface area (Å²) in [6.07, 6.45) is 12.4. The van der Waals surface area contributed by atoms with Gasteiger partial charge in [0.05, 0.1) is 12.8 Å². The quantitative estimate of drug-likeness (QED) is 0.205. The van der Waals surface area contributed by atoms with Crippen molar-refractivity contribution in [2.45, 2.75) is 64.7 Å². The van der Waals surface area contributed by atoms with Gasteiger partial charge in [0.2, 0.25) is 0 Å². The van der Waals surface area contributed by atoms with Gasteiger partial charge in [-0.3, -0.25) is 4.79 Å². The summed E-state index contributed by atoms with van der Waals surface area (Å²) < 4.78 is 16.8. The molecule has 1 amide bonds. The summed E-state index contributed by atoms with van der Waals surface area (Å²) in [6, 6.07) is 5.51. The first-order valence-electron chi connectivity index (χ1n) is 12.6. The zero-order chi connectivity index (χ0) is 24.0. The Balaban J connectivity index is 2.12. The van der Waals surface area contributed by atoms with Gasteiger partial charge in [-0.25, -0.2) is 0 Å². The summed E-state index contributed by atoms with van der Waals surface area (Å²) in [7, 11) is 1.65. The minimum Gasteiger partial charge on any atom is -0.495 e. The molecule has 0 aliphatic heterocycles. The number of hydrogen-bond donors (Lipinski definition) is 2. The lowest BCUT2D eigenvalue weighted by Gasteiger charge is -2.13. The molecule has 33 heavy (non-hydrogen) atoms. The van der Waals surface area contributed by atoms with Crippen molar-refractivity contribution < 1.29 is 19.0 Å². The summed E-state index contributed by atoms with van der Waals surface area (Å²) >= 11 is 1.79. The lowest BCUT2D eigenvalue weighted by Crippen LogP contribution is -2.24. The summed E-state index contributed by atoms with van der Waals surface area (Å²) in [5.41, 5.74) is 1.50. The Kier molecular flexibility index (Phi) is 18.9. The first-order valence-corrected chi connectivity index (χ1v) is 14.0. The fourth-order valence-electron chi connectivity index (χ4n) is 3.33. The molecule has 0 unspecified atom stereocenters. The predicted octanol–water partition coefficient (Wildman–Crippen LogP) is 5.76. The Morgan fingerprint density at radius 3 is 2.27 bits per heavy atom. The number of benzene rings is 1. The lowest BCUT2D eigenvalue weighted by atomic mass is 10.1. The number of methoxy groups -OCH3 is 1. The molecule has 7 heteroatoms. The Labute approximate surface area is 205 Å². The SMILES string of the molecule is CCCCCCCOCCCOCCCCNc1cc(C(=O)NCCCSC)ccc1OC. The van der Waals surface area contributed by atoms with Crippen LogP contribution in [0.4, 0.5) is 5.69 Å². The molecule has 190 valence electrons. The Morgan fingerprint density at radius 2 is 1.58 bits per heavy atom. The van der Waals surface area contributed by atoms with E-state index in [1.165, 1.54) is 32.1 Å². The first-order chi connectivity index (χ1) is 16.2. The monoisotopic (exact) mass is 482 g/mol. The second kappa shape index (κ2) is 21.1. The van der Waals surface area contributed by atoms with Gasteiger partial charge in [0, 0.05) is 45.1 Å². The highest BCUT2D eigenvalue weighted by Gasteiger charge is 2.10. The Morgan fingerprint density at radius 1 is 0.879 bits per heavy atom. The van der Waals surface area contributed by atoms with Crippen LogP contribution in [0.2, 0.25) is 0 Å². The highest BCUT2D eigenvalue weighted by molar-refractivity contribution is 7.98. The summed E-state index contributed by atoms with van der Waals surface area (Å²) in [6.45, 7) is 6.91. The van der Waals surface area contributed by atoms with E-state index in [9.17, 15) is 4.79 Å². The second-order valence-electron chi connectivity index (χ2n) is 8.14. The number of unbranched alkanes of at least 4 members (excludes halogenated alkanes) is 5. The van der Waals surface area contributed by atoms with Gasteiger partial charge in [0.25, 0.3) is 5.91 Å². The van der Waals surface area contributed by atoms with Crippen LogP contribution in [0.3, 0.4) is 0 Å². The van der Waals surface area contributed by atoms with Gasteiger partial charge in [-0.05, 0) is 62.3 Å². The predicted molar refractivity (Wildman–Crippen MR) is 141 cm³/mol. The molecule has 0 spiro atoms. The fraction of sp³-hybridized carbons (Fsp3) is 0.731. The largest absolute Gasteiger partial charge is 0.495 e. The Hall–Kier alpha value is -1.44. The van der Waals surface area contributed by atoms with E-state index < -0.39 is 0 Å². The van der Waals surface area contributed by atoms with Gasteiger partial charge in [0.1, 0.15) is 5.75 Å². The molecule has 0 heterocycles. The molecule has 1 aromatic carbocycles. The third-order valence-electron chi connectivity index (χ3n) is 5.27. The molecule has 2 N–H and O–H groups in total. The van der Waals surface area contributed by atoms with E-state index in [4.69, 9.17) is 14.2 Å². The van der Waals surface area contributed by atoms with Crippen LogP contribution in [0, 0.1) is 0 Å². The van der Waals surface area contributed by atoms with Crippen molar-refractivity contribution in [3.8, 4) is 5.75 Å². The Bertz CT molecular complexity index is 616. The molecule has 0 saturated heterocycles. The summed E-state index contributed by atoms with van der Waals surface area (Å²) in [4.78, 5) is 12.4. The second-order valence-corrected chi connectivity index (χ2v) is 9.13. The molecule has 1 aromatic rings. The zero-order valence-corrected chi connectivity index (χ0v) is 21.9. The van der Waals surface area contributed by atoms with Crippen LogP contribution < -0.4 is 15.4 Å². The van der Waals surface area contributed by atoms with E-state index >= 15 is 0 Å². The van der Waals surface area contributed by atoms with Crippen LogP contribution in [-0.4, -0.2) is 64.5 Å². The standard InChI is InChI=1S/C26H46N2O4S/c1-4-5-6-7-9-17-31-19-12-20-32-18-10-8-15-27-24-22-23(13-14-25(24)30-2)26(29)28-16-11-21-33-3/h13-14,22,27H,4-12,15-21H2,1-3H3,(H,28,29). The van der Waals surface area contributed by atoms with Crippen LogP contribution in [0.25, 0.3) is 0 Å².